The Hall–Kier alpha value is -4.08. The van der Waals surface area contributed by atoms with E-state index in [1.54, 1.807) is 43.6 Å². The lowest BCUT2D eigenvalue weighted by molar-refractivity contribution is 0.0601. The van der Waals surface area contributed by atoms with Gasteiger partial charge in [0.05, 0.1) is 44.6 Å². The first-order valence-corrected chi connectivity index (χ1v) is 10.2. The van der Waals surface area contributed by atoms with Gasteiger partial charge in [-0.1, -0.05) is 0 Å². The Labute approximate surface area is 189 Å². The van der Waals surface area contributed by atoms with Crippen LogP contribution in [0, 0.1) is 5.82 Å². The number of carbonyl (C=O) groups excluding carboxylic acids is 2. The van der Waals surface area contributed by atoms with Crippen LogP contribution in [0.4, 0.5) is 14.9 Å². The van der Waals surface area contributed by atoms with Crippen LogP contribution in [-0.4, -0.2) is 54.7 Å². The Morgan fingerprint density at radius 3 is 2.70 bits per heavy atom. The van der Waals surface area contributed by atoms with Gasteiger partial charge >= 0.3 is 12.0 Å². The molecule has 0 radical (unpaired) electrons. The molecule has 1 atom stereocenters. The van der Waals surface area contributed by atoms with Crippen molar-refractivity contribution in [2.75, 3.05) is 33.2 Å². The molecule has 0 bridgehead atoms. The lowest BCUT2D eigenvalue weighted by Gasteiger charge is -2.36. The third-order valence-corrected chi connectivity index (χ3v) is 5.55. The maximum atomic E-state index is 13.7. The topological polar surface area (TPSA) is 106 Å². The number of anilines is 1. The average Bonchev–Trinajstić information content (AvgIpc) is 3.32. The zero-order valence-electron chi connectivity index (χ0n) is 18.3. The van der Waals surface area contributed by atoms with E-state index in [2.05, 4.69) is 15.3 Å². The molecule has 0 spiro atoms. The molecule has 1 aliphatic heterocycles. The van der Waals surface area contributed by atoms with Crippen molar-refractivity contribution in [1.82, 2.24) is 14.9 Å². The maximum Gasteiger partial charge on any atom is 0.340 e. The molecule has 9 nitrogen and oxygen atoms in total. The normalized spacial score (nSPS) is 14.9. The number of H-pyrrole nitrogens is 1. The fourth-order valence-corrected chi connectivity index (χ4v) is 3.95. The number of amides is 2. The molecule has 2 amide bonds. The van der Waals surface area contributed by atoms with E-state index in [-0.39, 0.29) is 11.3 Å². The number of urea groups is 1. The van der Waals surface area contributed by atoms with Gasteiger partial charge in [0.25, 0.3) is 0 Å². The third-order valence-electron chi connectivity index (χ3n) is 5.55. The predicted molar refractivity (Wildman–Crippen MR) is 117 cm³/mol. The summed E-state index contributed by atoms with van der Waals surface area (Å²) in [5.74, 6) is -0.220. The Morgan fingerprint density at radius 2 is 1.97 bits per heavy atom. The first-order valence-electron chi connectivity index (χ1n) is 10.2. The first kappa shape index (κ1) is 22.1. The van der Waals surface area contributed by atoms with E-state index in [0.29, 0.717) is 35.7 Å². The molecule has 0 fully saturated rings. The quantitative estimate of drug-likeness (QED) is 0.572. The minimum absolute atomic E-state index is 0.0844. The van der Waals surface area contributed by atoms with Gasteiger partial charge in [-0.25, -0.2) is 19.0 Å². The smallest absolute Gasteiger partial charge is 0.340 e. The van der Waals surface area contributed by atoms with Gasteiger partial charge < -0.3 is 29.4 Å². The number of hydrogen-bond acceptors (Lipinski definition) is 6. The van der Waals surface area contributed by atoms with Crippen LogP contribution in [0.1, 0.15) is 33.4 Å². The van der Waals surface area contributed by atoms with E-state index in [1.807, 2.05) is 0 Å². The summed E-state index contributed by atoms with van der Waals surface area (Å²) < 4.78 is 29.4. The summed E-state index contributed by atoms with van der Waals surface area (Å²) in [6, 6.07) is 7.75. The number of fused-ring (bicyclic) bond motifs is 1. The number of aromatic nitrogens is 2. The number of rotatable bonds is 5. The second-order valence-electron chi connectivity index (χ2n) is 7.33. The molecule has 172 valence electrons. The molecule has 10 heteroatoms. The number of halogens is 1. The zero-order valence-corrected chi connectivity index (χ0v) is 18.3. The molecule has 3 aromatic rings. The summed E-state index contributed by atoms with van der Waals surface area (Å²) in [6.45, 7) is 0.362. The van der Waals surface area contributed by atoms with E-state index < -0.39 is 23.9 Å². The highest BCUT2D eigenvalue weighted by Crippen LogP contribution is 2.40. The average molecular weight is 454 g/mol. The van der Waals surface area contributed by atoms with Crippen LogP contribution in [0.3, 0.4) is 0 Å². The second-order valence-corrected chi connectivity index (χ2v) is 7.33. The van der Waals surface area contributed by atoms with Crippen LogP contribution in [0.25, 0.3) is 0 Å². The van der Waals surface area contributed by atoms with Crippen molar-refractivity contribution in [1.29, 1.82) is 0 Å². The summed E-state index contributed by atoms with van der Waals surface area (Å²) >= 11 is 0. The molecule has 2 heterocycles. The highest BCUT2D eigenvalue weighted by atomic mass is 19.1. The highest BCUT2D eigenvalue weighted by molar-refractivity contribution is 6.01. The lowest BCUT2D eigenvalue weighted by Crippen LogP contribution is -2.43. The number of imidazole rings is 1. The number of esters is 1. The van der Waals surface area contributed by atoms with Crippen molar-refractivity contribution in [3.63, 3.8) is 0 Å². The maximum absolute atomic E-state index is 13.7. The summed E-state index contributed by atoms with van der Waals surface area (Å²) in [6.07, 6.45) is 2.14. The van der Waals surface area contributed by atoms with Crippen molar-refractivity contribution in [2.45, 2.75) is 12.5 Å². The number of aromatic amines is 1. The standard InChI is InChI=1S/C23H23FN4O5/c1-31-14-5-7-19(32-2)16(11-14)21-20-18(25-12-26-20)8-9-28(21)23(30)27-17-6-4-13(24)10-15(17)22(29)33-3/h4-7,10-12,21H,8-9H2,1-3H3,(H,25,26)(H,27,30). The van der Waals surface area contributed by atoms with Crippen LogP contribution in [0.15, 0.2) is 42.7 Å². The molecule has 1 unspecified atom stereocenters. The van der Waals surface area contributed by atoms with E-state index in [0.717, 1.165) is 17.8 Å². The molecule has 33 heavy (non-hydrogen) atoms. The summed E-state index contributed by atoms with van der Waals surface area (Å²) in [7, 11) is 4.29. The predicted octanol–water partition coefficient (Wildman–Crippen LogP) is 3.53. The van der Waals surface area contributed by atoms with E-state index in [1.165, 1.54) is 13.2 Å². The Kier molecular flexibility index (Phi) is 6.16. The van der Waals surface area contributed by atoms with Crippen molar-refractivity contribution < 1.29 is 28.2 Å². The van der Waals surface area contributed by atoms with Crippen LogP contribution >= 0.6 is 0 Å². The molecule has 2 aromatic carbocycles. The number of carbonyl (C=O) groups is 2. The minimum atomic E-state index is -0.760. The van der Waals surface area contributed by atoms with E-state index in [4.69, 9.17) is 14.2 Å². The molecule has 1 aliphatic rings. The minimum Gasteiger partial charge on any atom is -0.497 e. The van der Waals surface area contributed by atoms with Gasteiger partial charge in [0.1, 0.15) is 23.4 Å². The molecule has 2 N–H and O–H groups in total. The summed E-state index contributed by atoms with van der Waals surface area (Å²) in [5.41, 5.74) is 2.32. The molecule has 4 rings (SSSR count). The van der Waals surface area contributed by atoms with Crippen molar-refractivity contribution >= 4 is 17.7 Å². The first-order chi connectivity index (χ1) is 16.0. The Morgan fingerprint density at radius 1 is 1.15 bits per heavy atom. The van der Waals surface area contributed by atoms with Crippen LogP contribution in [0.2, 0.25) is 0 Å². The van der Waals surface area contributed by atoms with Crippen molar-refractivity contribution in [2.24, 2.45) is 0 Å². The molecule has 0 saturated carbocycles. The van der Waals surface area contributed by atoms with E-state index in [9.17, 15) is 14.0 Å². The van der Waals surface area contributed by atoms with Crippen LogP contribution < -0.4 is 14.8 Å². The molecular weight excluding hydrogens is 431 g/mol. The summed E-state index contributed by atoms with van der Waals surface area (Å²) in [5, 5.41) is 2.72. The largest absolute Gasteiger partial charge is 0.497 e. The van der Waals surface area contributed by atoms with Gasteiger partial charge in [-0.3, -0.25) is 0 Å². The fraction of sp³-hybridized carbons (Fsp3) is 0.261. The zero-order chi connectivity index (χ0) is 23.5. The molecule has 0 aliphatic carbocycles. The van der Waals surface area contributed by atoms with Gasteiger partial charge in [0, 0.05) is 24.2 Å². The second kappa shape index (κ2) is 9.19. The number of nitrogens with one attached hydrogen (secondary N) is 2. The van der Waals surface area contributed by atoms with Crippen molar-refractivity contribution in [3.8, 4) is 11.5 Å². The van der Waals surface area contributed by atoms with Crippen LogP contribution in [0.5, 0.6) is 11.5 Å². The monoisotopic (exact) mass is 454 g/mol. The van der Waals surface area contributed by atoms with Gasteiger partial charge in [0.15, 0.2) is 0 Å². The van der Waals surface area contributed by atoms with Gasteiger partial charge in [-0.15, -0.1) is 0 Å². The Balaban J connectivity index is 1.75. The third kappa shape index (κ3) is 4.19. The van der Waals surface area contributed by atoms with Crippen LogP contribution in [-0.2, 0) is 11.2 Å². The Bertz CT molecular complexity index is 1200. The molecular formula is C23H23FN4O5. The highest BCUT2D eigenvalue weighted by Gasteiger charge is 2.36. The lowest BCUT2D eigenvalue weighted by atomic mass is 9.95. The fourth-order valence-electron chi connectivity index (χ4n) is 3.95. The van der Waals surface area contributed by atoms with Gasteiger partial charge in [0.2, 0.25) is 0 Å². The van der Waals surface area contributed by atoms with Gasteiger partial charge in [-0.05, 0) is 36.4 Å². The number of benzene rings is 2. The van der Waals surface area contributed by atoms with Gasteiger partial charge in [-0.2, -0.15) is 0 Å². The number of ether oxygens (including phenoxy) is 3. The SMILES string of the molecule is COC(=O)c1cc(F)ccc1NC(=O)N1CCc2[nH]cnc2C1c1cc(OC)ccc1OC. The number of methoxy groups -OCH3 is 3. The summed E-state index contributed by atoms with van der Waals surface area (Å²) in [4.78, 5) is 34.7. The number of nitrogens with zero attached hydrogens (tertiary/aromatic N) is 2. The van der Waals surface area contributed by atoms with Crippen molar-refractivity contribution in [3.05, 3.63) is 71.1 Å². The van der Waals surface area contributed by atoms with E-state index >= 15 is 0 Å². The number of hydrogen-bond donors (Lipinski definition) is 2. The molecule has 0 saturated heterocycles. The molecule has 1 aromatic heterocycles.